The van der Waals surface area contributed by atoms with Gasteiger partial charge in [-0.25, -0.2) is 0 Å². The zero-order chi connectivity index (χ0) is 18.2. The number of para-hydroxylation sites is 1. The molecule has 0 bridgehead atoms. The first kappa shape index (κ1) is 19.5. The molecule has 25 heavy (non-hydrogen) atoms. The van der Waals surface area contributed by atoms with Crippen LogP contribution in [-0.4, -0.2) is 38.2 Å². The van der Waals surface area contributed by atoms with Crippen molar-refractivity contribution in [3.05, 3.63) is 46.7 Å². The number of benzene rings is 1. The molecule has 7 heteroatoms. The van der Waals surface area contributed by atoms with Crippen LogP contribution in [0.2, 0.25) is 0 Å². The molecule has 0 aliphatic rings. The van der Waals surface area contributed by atoms with E-state index in [0.717, 1.165) is 20.4 Å². The molecule has 2 atom stereocenters. The number of likely N-dealkylation sites (N-methyl/N-ethyl adjacent to an activating group) is 1. The van der Waals surface area contributed by atoms with E-state index in [0.29, 0.717) is 0 Å². The minimum absolute atomic E-state index is 0.0115. The molecule has 2 aromatic rings. The number of thiophene rings is 1. The molecule has 0 fully saturated rings. The van der Waals surface area contributed by atoms with Gasteiger partial charge < -0.3 is 15.5 Å². The van der Waals surface area contributed by atoms with Crippen molar-refractivity contribution in [3.63, 3.8) is 0 Å². The third kappa shape index (κ3) is 6.19. The predicted octanol–water partition coefficient (Wildman–Crippen LogP) is 1.80. The maximum atomic E-state index is 12.2. The molecule has 3 N–H and O–H groups in total. The molecule has 1 aromatic heterocycles. The van der Waals surface area contributed by atoms with Gasteiger partial charge in [-0.15, -0.1) is 23.1 Å². The molecular weight excluding hydrogens is 354 g/mol. The number of nitrogens with one attached hydrogen (secondary N) is 3. The number of carbonyl (C=O) groups is 2. The Labute approximate surface area is 156 Å². The predicted molar refractivity (Wildman–Crippen MR) is 104 cm³/mol. The van der Waals surface area contributed by atoms with Crippen molar-refractivity contribution in [1.29, 1.82) is 0 Å². The number of thioether (sulfide) groups is 1. The van der Waals surface area contributed by atoms with Gasteiger partial charge >= 0.3 is 0 Å². The van der Waals surface area contributed by atoms with Gasteiger partial charge in [0, 0.05) is 9.77 Å². The quantitative estimate of drug-likeness (QED) is 0.614. The smallest absolute Gasteiger partial charge is 0.279 e. The van der Waals surface area contributed by atoms with E-state index in [1.807, 2.05) is 62.0 Å². The Hall–Kier alpha value is -1.83. The third-order valence-electron chi connectivity index (χ3n) is 3.65. The maximum Gasteiger partial charge on any atom is 0.279 e. The fourth-order valence-corrected chi connectivity index (χ4v) is 3.74. The Bertz CT molecular complexity index is 704. The zero-order valence-corrected chi connectivity index (χ0v) is 16.3. The van der Waals surface area contributed by atoms with Gasteiger partial charge in [-0.05, 0) is 36.8 Å². The van der Waals surface area contributed by atoms with E-state index in [-0.39, 0.29) is 30.9 Å². The van der Waals surface area contributed by atoms with Crippen LogP contribution in [0.1, 0.15) is 17.8 Å². The molecule has 1 heterocycles. The van der Waals surface area contributed by atoms with Crippen molar-refractivity contribution in [1.82, 2.24) is 5.32 Å². The minimum Gasteiger partial charge on any atom is -0.344 e. The molecule has 0 aliphatic carbocycles. The van der Waals surface area contributed by atoms with Crippen LogP contribution >= 0.6 is 23.1 Å². The summed E-state index contributed by atoms with van der Waals surface area (Å²) in [4.78, 5) is 27.3. The topological polar surface area (TPSA) is 62.6 Å². The van der Waals surface area contributed by atoms with Crippen molar-refractivity contribution in [3.8, 4) is 0 Å². The van der Waals surface area contributed by atoms with E-state index in [4.69, 9.17) is 0 Å². The second-order valence-electron chi connectivity index (χ2n) is 5.86. The van der Waals surface area contributed by atoms with Gasteiger partial charge in [-0.2, -0.15) is 0 Å². The summed E-state index contributed by atoms with van der Waals surface area (Å²) in [5.41, 5.74) is 0.809. The third-order valence-corrected chi connectivity index (χ3v) is 5.50. The van der Waals surface area contributed by atoms with E-state index in [9.17, 15) is 9.59 Å². The van der Waals surface area contributed by atoms with Crippen molar-refractivity contribution >= 4 is 40.6 Å². The summed E-state index contributed by atoms with van der Waals surface area (Å²) in [6.07, 6.45) is 1.97. The SMILES string of the molecule is CSc1ccccc1NC(=O)C[NH+](C)CC(=O)N[C@H](C)c1cccs1. The molecule has 0 aliphatic heterocycles. The van der Waals surface area contributed by atoms with Gasteiger partial charge in [-0.1, -0.05) is 18.2 Å². The van der Waals surface area contributed by atoms with E-state index in [1.165, 1.54) is 0 Å². The lowest BCUT2D eigenvalue weighted by molar-refractivity contribution is -0.862. The standard InChI is InChI=1S/C18H23N3O2S2/c1-13(15-9-6-10-25-15)19-17(22)11-21(2)12-18(23)20-14-7-4-5-8-16(14)24-3/h4-10,13H,11-12H2,1-3H3,(H,19,22)(H,20,23)/p+1/t13-/m1/s1. The number of hydrogen-bond acceptors (Lipinski definition) is 4. The van der Waals surface area contributed by atoms with Gasteiger partial charge in [0.15, 0.2) is 13.1 Å². The van der Waals surface area contributed by atoms with Crippen LogP contribution in [0.4, 0.5) is 5.69 Å². The van der Waals surface area contributed by atoms with Crippen molar-refractivity contribution < 1.29 is 14.5 Å². The largest absolute Gasteiger partial charge is 0.344 e. The molecule has 0 radical (unpaired) electrons. The van der Waals surface area contributed by atoms with Gasteiger partial charge in [0.1, 0.15) is 0 Å². The average Bonchev–Trinajstić information content (AvgIpc) is 3.09. The van der Waals surface area contributed by atoms with Crippen LogP contribution in [0.15, 0.2) is 46.7 Å². The Morgan fingerprint density at radius 3 is 2.56 bits per heavy atom. The van der Waals surface area contributed by atoms with Gasteiger partial charge in [0.25, 0.3) is 11.8 Å². The van der Waals surface area contributed by atoms with Crippen molar-refractivity contribution in [2.45, 2.75) is 17.9 Å². The molecule has 1 aromatic carbocycles. The second-order valence-corrected chi connectivity index (χ2v) is 7.69. The van der Waals surface area contributed by atoms with Gasteiger partial charge in [0.05, 0.1) is 18.8 Å². The van der Waals surface area contributed by atoms with Crippen LogP contribution in [0.25, 0.3) is 0 Å². The molecule has 5 nitrogen and oxygen atoms in total. The first-order valence-electron chi connectivity index (χ1n) is 8.06. The first-order chi connectivity index (χ1) is 12.0. The number of quaternary nitrogens is 1. The number of rotatable bonds is 8. The lowest BCUT2D eigenvalue weighted by Gasteiger charge is -2.16. The lowest BCUT2D eigenvalue weighted by atomic mass is 10.2. The van der Waals surface area contributed by atoms with Crippen LogP contribution in [0.3, 0.4) is 0 Å². The molecule has 2 amide bonds. The fraction of sp³-hybridized carbons (Fsp3) is 0.333. The van der Waals surface area contributed by atoms with E-state index in [1.54, 1.807) is 23.1 Å². The Balaban J connectivity index is 1.79. The van der Waals surface area contributed by atoms with Crippen LogP contribution in [0, 0.1) is 0 Å². The van der Waals surface area contributed by atoms with Crippen LogP contribution in [0.5, 0.6) is 0 Å². The summed E-state index contributed by atoms with van der Waals surface area (Å²) in [5, 5.41) is 7.88. The van der Waals surface area contributed by atoms with E-state index >= 15 is 0 Å². The molecule has 1 unspecified atom stereocenters. The molecule has 2 rings (SSSR count). The maximum absolute atomic E-state index is 12.2. The number of hydrogen-bond donors (Lipinski definition) is 3. The molecule has 134 valence electrons. The zero-order valence-electron chi connectivity index (χ0n) is 14.7. The van der Waals surface area contributed by atoms with Gasteiger partial charge in [-0.3, -0.25) is 9.59 Å². The van der Waals surface area contributed by atoms with Crippen molar-refractivity contribution in [2.24, 2.45) is 0 Å². The monoisotopic (exact) mass is 378 g/mol. The van der Waals surface area contributed by atoms with E-state index in [2.05, 4.69) is 10.6 Å². The Kier molecular flexibility index (Phi) is 7.49. The number of anilines is 1. The van der Waals surface area contributed by atoms with Crippen LogP contribution in [-0.2, 0) is 9.59 Å². The normalized spacial score (nSPS) is 13.1. The summed E-state index contributed by atoms with van der Waals surface area (Å²) < 4.78 is 0. The summed E-state index contributed by atoms with van der Waals surface area (Å²) in [7, 11) is 1.84. The first-order valence-corrected chi connectivity index (χ1v) is 10.2. The number of carbonyl (C=O) groups excluding carboxylic acids is 2. The summed E-state index contributed by atoms with van der Waals surface area (Å²) in [6.45, 7) is 2.46. The van der Waals surface area contributed by atoms with Crippen LogP contribution < -0.4 is 15.5 Å². The highest BCUT2D eigenvalue weighted by Crippen LogP contribution is 2.24. The number of amides is 2. The highest BCUT2D eigenvalue weighted by molar-refractivity contribution is 7.98. The molecule has 0 spiro atoms. The van der Waals surface area contributed by atoms with Crippen molar-refractivity contribution in [2.75, 3.05) is 31.7 Å². The molecule has 0 saturated carbocycles. The summed E-state index contributed by atoms with van der Waals surface area (Å²) >= 11 is 3.21. The second kappa shape index (κ2) is 9.60. The Morgan fingerprint density at radius 1 is 1.16 bits per heavy atom. The summed E-state index contributed by atoms with van der Waals surface area (Å²) in [5.74, 6) is -0.159. The van der Waals surface area contributed by atoms with E-state index < -0.39 is 0 Å². The lowest BCUT2D eigenvalue weighted by Crippen LogP contribution is -3.11. The molecule has 0 saturated heterocycles. The Morgan fingerprint density at radius 2 is 1.88 bits per heavy atom. The molecular formula is C18H24N3O2S2+. The summed E-state index contributed by atoms with van der Waals surface area (Å²) in [6, 6.07) is 11.6. The highest BCUT2D eigenvalue weighted by Gasteiger charge is 2.17. The average molecular weight is 379 g/mol. The minimum atomic E-state index is -0.0990. The highest BCUT2D eigenvalue weighted by atomic mass is 32.2. The fourth-order valence-electron chi connectivity index (χ4n) is 2.45. The van der Waals surface area contributed by atoms with Gasteiger partial charge in [0.2, 0.25) is 0 Å².